The number of anilines is 1. The Labute approximate surface area is 217 Å². The second-order valence-electron chi connectivity index (χ2n) is 7.80. The van der Waals surface area contributed by atoms with E-state index in [0.717, 1.165) is 21.9 Å². The molecule has 2 aliphatic heterocycles. The molecule has 0 aromatic carbocycles. The number of carboxylic acid groups (broad SMARTS) is 1. The molecule has 0 bridgehead atoms. The molecule has 1 fully saturated rings. The molecule has 5 heterocycles. The number of hydrogen-bond acceptors (Lipinski definition) is 10. The van der Waals surface area contributed by atoms with E-state index >= 15 is 0 Å². The molecule has 2 atom stereocenters. The molecule has 3 N–H and O–H groups in total. The number of carbonyl (C=O) groups is 3. The van der Waals surface area contributed by atoms with Gasteiger partial charge in [-0.1, -0.05) is 11.2 Å². The molecule has 15 heteroatoms. The SMILES string of the molecule is CO/N=C(\C(=O)N[C@@H]1C(=O)N2C(C(=O)[O-])=C(Cn3cc(Cl)[n+]4ccccc34)CS[C@@H]12)c1csc(N)n1. The van der Waals surface area contributed by atoms with Crippen molar-refractivity contribution < 1.29 is 28.7 Å². The number of thiazole rings is 1. The summed E-state index contributed by atoms with van der Waals surface area (Å²) in [7, 11) is 1.27. The van der Waals surface area contributed by atoms with Gasteiger partial charge in [0.15, 0.2) is 17.0 Å². The fraction of sp³-hybridized carbons (Fsp3) is 0.238. The number of nitrogens with two attached hydrogens (primary N) is 1. The van der Waals surface area contributed by atoms with Crippen LogP contribution in [0.4, 0.5) is 5.13 Å². The number of halogens is 1. The Hall–Kier alpha value is -3.62. The zero-order chi connectivity index (χ0) is 25.6. The average Bonchev–Trinajstić information content (AvgIpc) is 3.43. The summed E-state index contributed by atoms with van der Waals surface area (Å²) in [6.45, 7) is 0.194. The van der Waals surface area contributed by atoms with Gasteiger partial charge in [-0.05, 0) is 17.7 Å². The van der Waals surface area contributed by atoms with Crippen molar-refractivity contribution in [1.29, 1.82) is 0 Å². The number of nitrogen functional groups attached to an aromatic ring is 1. The van der Waals surface area contributed by atoms with Crippen molar-refractivity contribution in [2.24, 2.45) is 5.16 Å². The molecule has 0 unspecified atom stereocenters. The Morgan fingerprint density at radius 3 is 2.94 bits per heavy atom. The predicted octanol–water partition coefficient (Wildman–Crippen LogP) is -0.626. The van der Waals surface area contributed by atoms with Gasteiger partial charge in [0.05, 0.1) is 17.9 Å². The van der Waals surface area contributed by atoms with E-state index in [4.69, 9.17) is 22.2 Å². The molecule has 1 saturated heterocycles. The average molecular weight is 548 g/mol. The van der Waals surface area contributed by atoms with Crippen LogP contribution < -0.4 is 20.6 Å². The van der Waals surface area contributed by atoms with Gasteiger partial charge in [0.2, 0.25) is 5.15 Å². The van der Waals surface area contributed by atoms with Gasteiger partial charge in [0.25, 0.3) is 17.5 Å². The van der Waals surface area contributed by atoms with Crippen molar-refractivity contribution in [3.63, 3.8) is 0 Å². The number of β-lactam (4-membered cyclic amide) rings is 1. The maximum absolute atomic E-state index is 13.0. The van der Waals surface area contributed by atoms with Crippen molar-refractivity contribution in [2.75, 3.05) is 18.6 Å². The smallest absolute Gasteiger partial charge is 0.287 e. The number of carboxylic acids is 1. The molecule has 2 amide bonds. The lowest BCUT2D eigenvalue weighted by atomic mass is 10.0. The molecule has 2 aliphatic rings. The van der Waals surface area contributed by atoms with E-state index < -0.39 is 29.2 Å². The van der Waals surface area contributed by atoms with Gasteiger partial charge >= 0.3 is 0 Å². The third-order valence-electron chi connectivity index (χ3n) is 5.68. The number of rotatable bonds is 7. The summed E-state index contributed by atoms with van der Waals surface area (Å²) in [5.41, 5.74) is 6.74. The number of nitrogens with one attached hydrogen (secondary N) is 1. The summed E-state index contributed by atoms with van der Waals surface area (Å²) in [5, 5.41) is 20.0. The van der Waals surface area contributed by atoms with Crippen LogP contribution in [-0.2, 0) is 25.8 Å². The number of aliphatic carboxylic acids is 1. The predicted molar refractivity (Wildman–Crippen MR) is 130 cm³/mol. The van der Waals surface area contributed by atoms with Crippen molar-refractivity contribution >= 4 is 69.0 Å². The molecule has 36 heavy (non-hydrogen) atoms. The Bertz CT molecular complexity index is 1470. The molecule has 3 aromatic rings. The Morgan fingerprint density at radius 2 is 2.25 bits per heavy atom. The van der Waals surface area contributed by atoms with Gasteiger partial charge in [-0.2, -0.15) is 4.40 Å². The number of hydrogen-bond donors (Lipinski definition) is 2. The molecular weight excluding hydrogens is 530 g/mol. The number of pyridine rings is 1. The van der Waals surface area contributed by atoms with Crippen LogP contribution in [0.3, 0.4) is 0 Å². The quantitative estimate of drug-likeness (QED) is 0.171. The van der Waals surface area contributed by atoms with Gasteiger partial charge in [-0.25, -0.2) is 9.55 Å². The van der Waals surface area contributed by atoms with E-state index in [2.05, 4.69) is 15.5 Å². The first-order valence-electron chi connectivity index (χ1n) is 10.5. The van der Waals surface area contributed by atoms with E-state index in [1.165, 1.54) is 24.3 Å². The summed E-state index contributed by atoms with van der Waals surface area (Å²) >= 11 is 8.76. The lowest BCUT2D eigenvalue weighted by Crippen LogP contribution is -2.71. The Morgan fingerprint density at radius 1 is 1.44 bits per heavy atom. The zero-order valence-corrected chi connectivity index (χ0v) is 21.0. The van der Waals surface area contributed by atoms with Crippen molar-refractivity contribution in [1.82, 2.24) is 19.8 Å². The number of aromatic nitrogens is 3. The van der Waals surface area contributed by atoms with E-state index in [0.29, 0.717) is 16.5 Å². The monoisotopic (exact) mass is 547 g/mol. The minimum atomic E-state index is -1.47. The van der Waals surface area contributed by atoms with Gasteiger partial charge in [-0.3, -0.25) is 14.5 Å². The Kier molecular flexibility index (Phi) is 6.32. The van der Waals surface area contributed by atoms with Crippen LogP contribution in [0.1, 0.15) is 5.69 Å². The molecule has 12 nitrogen and oxygen atoms in total. The maximum Gasteiger partial charge on any atom is 0.287 e. The summed E-state index contributed by atoms with van der Waals surface area (Å²) in [5.74, 6) is -2.43. The standard InChI is InChI=1S/C21H18ClN7O5S2/c1-34-26-14(11-9-36-21(23)24-11)17(30)25-15-18(31)29-16(20(32)33)10(8-35-19(15)29)6-27-7-12(22)28-5-3-2-4-13(27)28/h2-5,7,9,15,19H,6,8H2,1H3,(H3-,23,24,25,30,32,33)/b26-14-/t15-,19+/m1/s1. The summed E-state index contributed by atoms with van der Waals surface area (Å²) in [4.78, 5) is 47.9. The molecule has 186 valence electrons. The van der Waals surface area contributed by atoms with Gasteiger partial charge in [0, 0.05) is 22.8 Å². The number of carbonyl (C=O) groups excluding carboxylic acids is 3. The van der Waals surface area contributed by atoms with E-state index in [1.54, 1.807) is 21.4 Å². The molecule has 3 aromatic heterocycles. The molecule has 0 spiro atoms. The minimum absolute atomic E-state index is 0.150. The topological polar surface area (TPSA) is 159 Å². The van der Waals surface area contributed by atoms with Crippen LogP contribution >= 0.6 is 34.7 Å². The maximum atomic E-state index is 13.0. The normalized spacial score (nSPS) is 19.8. The number of amides is 2. The van der Waals surface area contributed by atoms with Crippen molar-refractivity contribution in [2.45, 2.75) is 18.0 Å². The molecule has 0 radical (unpaired) electrons. The molecular formula is C21H18ClN7O5S2. The Balaban J connectivity index is 1.38. The second kappa shape index (κ2) is 9.44. The highest BCUT2D eigenvalue weighted by molar-refractivity contribution is 8.00. The molecule has 0 aliphatic carbocycles. The number of imidazole rings is 1. The van der Waals surface area contributed by atoms with Crippen molar-refractivity contribution in [3.05, 3.63) is 58.1 Å². The number of fused-ring (bicyclic) bond motifs is 2. The summed E-state index contributed by atoms with van der Waals surface area (Å²) in [6.07, 6.45) is 3.48. The summed E-state index contributed by atoms with van der Waals surface area (Å²) in [6, 6.07) is 4.55. The highest BCUT2D eigenvalue weighted by Gasteiger charge is 2.53. The number of oxime groups is 1. The summed E-state index contributed by atoms with van der Waals surface area (Å²) < 4.78 is 3.56. The third kappa shape index (κ3) is 4.06. The molecule has 5 rings (SSSR count). The van der Waals surface area contributed by atoms with Crippen LogP contribution in [0, 0.1) is 0 Å². The number of thioether (sulfide) groups is 1. The molecule has 0 saturated carbocycles. The van der Waals surface area contributed by atoms with Crippen LogP contribution in [0.5, 0.6) is 0 Å². The largest absolute Gasteiger partial charge is 0.543 e. The first kappa shape index (κ1) is 24.1. The van der Waals surface area contributed by atoms with Gasteiger partial charge in [-0.15, -0.1) is 23.1 Å². The van der Waals surface area contributed by atoms with E-state index in [-0.39, 0.29) is 28.8 Å². The first-order chi connectivity index (χ1) is 17.3. The van der Waals surface area contributed by atoms with Crippen molar-refractivity contribution in [3.8, 4) is 0 Å². The zero-order valence-electron chi connectivity index (χ0n) is 18.6. The van der Waals surface area contributed by atoms with Crippen LogP contribution in [0.15, 0.2) is 52.4 Å². The van der Waals surface area contributed by atoms with Crippen LogP contribution in [0.25, 0.3) is 5.65 Å². The van der Waals surface area contributed by atoms with Gasteiger partial charge < -0.3 is 25.8 Å². The van der Waals surface area contributed by atoms with E-state index in [9.17, 15) is 19.5 Å². The highest BCUT2D eigenvalue weighted by Crippen LogP contribution is 2.40. The third-order valence-corrected chi connectivity index (χ3v) is 7.97. The lowest BCUT2D eigenvalue weighted by Gasteiger charge is -2.50. The first-order valence-corrected chi connectivity index (χ1v) is 12.8. The van der Waals surface area contributed by atoms with E-state index in [1.807, 2.05) is 18.2 Å². The number of nitrogens with zero attached hydrogens (tertiary/aromatic N) is 5. The van der Waals surface area contributed by atoms with Gasteiger partial charge in [0.1, 0.15) is 30.8 Å². The highest BCUT2D eigenvalue weighted by atomic mass is 35.5. The second-order valence-corrected chi connectivity index (χ2v) is 10.2. The minimum Gasteiger partial charge on any atom is -0.543 e. The fourth-order valence-electron chi connectivity index (χ4n) is 4.13. The van der Waals surface area contributed by atoms with Crippen LogP contribution in [-0.4, -0.2) is 62.2 Å². The lowest BCUT2D eigenvalue weighted by molar-refractivity contribution is -0.508. The van der Waals surface area contributed by atoms with Crippen LogP contribution in [0.2, 0.25) is 5.15 Å². The fourth-order valence-corrected chi connectivity index (χ4v) is 6.28.